The number of pyridine rings is 1. The summed E-state index contributed by atoms with van der Waals surface area (Å²) in [4.78, 5) is 77.6. The fourth-order valence-electron chi connectivity index (χ4n) is 5.37. The van der Waals surface area contributed by atoms with E-state index in [0.717, 1.165) is 20.6 Å². The average molecular weight is 591 g/mol. The van der Waals surface area contributed by atoms with Gasteiger partial charge in [0.1, 0.15) is 23.7 Å². The molecular weight excluding hydrogens is 556 g/mol. The smallest absolute Gasteiger partial charge is 0.327 e. The number of carbonyl (C=O) groups excluding carboxylic acids is 3. The van der Waals surface area contributed by atoms with Gasteiger partial charge in [0.25, 0.3) is 11.5 Å². The lowest BCUT2D eigenvalue weighted by Gasteiger charge is -2.45. The lowest BCUT2D eigenvalue weighted by molar-refractivity contribution is -0.142. The number of carboxylic acid groups (broad SMARTS) is 1. The number of aromatic nitrogens is 3. The van der Waals surface area contributed by atoms with Crippen LogP contribution < -0.4 is 21.5 Å². The number of fused-ring (bicyclic) bond motifs is 1. The molecule has 2 saturated heterocycles. The normalized spacial score (nSPS) is 16.7. The van der Waals surface area contributed by atoms with Gasteiger partial charge in [-0.05, 0) is 24.0 Å². The Morgan fingerprint density at radius 1 is 1.12 bits per heavy atom. The van der Waals surface area contributed by atoms with Crippen molar-refractivity contribution < 1.29 is 24.3 Å². The molecule has 4 heterocycles. The van der Waals surface area contributed by atoms with Crippen molar-refractivity contribution in [2.75, 3.05) is 37.6 Å². The molecule has 0 saturated carbocycles. The van der Waals surface area contributed by atoms with Crippen molar-refractivity contribution in [3.05, 3.63) is 63.6 Å². The summed E-state index contributed by atoms with van der Waals surface area (Å²) in [5, 5.41) is 12.2. The van der Waals surface area contributed by atoms with Gasteiger partial charge in [0.2, 0.25) is 5.91 Å². The van der Waals surface area contributed by atoms with Gasteiger partial charge in [0.15, 0.2) is 11.5 Å². The second-order valence-corrected chi connectivity index (χ2v) is 11.7. The molecule has 14 heteroatoms. The van der Waals surface area contributed by atoms with Crippen LogP contribution in [0.5, 0.6) is 0 Å². The highest BCUT2D eigenvalue weighted by molar-refractivity contribution is 5.98. The minimum atomic E-state index is -1.22. The fraction of sp³-hybridized carbons (Fsp3) is 0.414. The maximum absolute atomic E-state index is 13.6. The van der Waals surface area contributed by atoms with Gasteiger partial charge in [-0.2, -0.15) is 0 Å². The van der Waals surface area contributed by atoms with Crippen LogP contribution in [0.15, 0.2) is 41.3 Å². The monoisotopic (exact) mass is 590 g/mol. The van der Waals surface area contributed by atoms with Crippen LogP contribution in [0.2, 0.25) is 0 Å². The Morgan fingerprint density at radius 2 is 1.81 bits per heavy atom. The van der Waals surface area contributed by atoms with Crippen LogP contribution in [0, 0.1) is 12.3 Å². The fourth-order valence-corrected chi connectivity index (χ4v) is 5.37. The molecule has 3 aromatic rings. The summed E-state index contributed by atoms with van der Waals surface area (Å²) in [5.41, 5.74) is 6.74. The maximum atomic E-state index is 13.6. The second kappa shape index (κ2) is 11.4. The molecule has 226 valence electrons. The number of aliphatic carboxylic acids is 1. The summed E-state index contributed by atoms with van der Waals surface area (Å²) in [6.45, 7) is 6.93. The zero-order chi connectivity index (χ0) is 31.1. The standard InChI is InChI=1S/C29H34N8O6/c1-17-4-6-18(7-5-17)12-32-25(39)19-10-20-24(37(26(19)40)14-23(38)34-15-29(2,3)16-34)31-13-22(33-20)36-9-8-35(28(36)43)21(11-30)27(41)42/h4-7,10,13,21H,8-9,11-12,14-16,30H2,1-3H3,(H,32,39)(H,41,42). The zero-order valence-electron chi connectivity index (χ0n) is 24.2. The van der Waals surface area contributed by atoms with Crippen LogP contribution in [-0.4, -0.2) is 92.0 Å². The number of amides is 4. The zero-order valence-corrected chi connectivity index (χ0v) is 24.2. The molecule has 4 amide bonds. The molecule has 0 spiro atoms. The van der Waals surface area contributed by atoms with E-state index in [1.54, 1.807) is 4.90 Å². The SMILES string of the molecule is Cc1ccc(CNC(=O)c2cc3nc(N4CCN(C(CN)C(=O)O)C4=O)cnc3n(CC(=O)N3CC(C)(C)C3)c2=O)cc1. The Bertz CT molecular complexity index is 1660. The molecule has 1 unspecified atom stereocenters. The number of carboxylic acids is 1. The van der Waals surface area contributed by atoms with Crippen molar-refractivity contribution in [1.29, 1.82) is 0 Å². The van der Waals surface area contributed by atoms with Gasteiger partial charge in [-0.1, -0.05) is 43.7 Å². The van der Waals surface area contributed by atoms with E-state index < -0.39 is 29.5 Å². The number of hydrogen-bond acceptors (Lipinski definition) is 8. The first kappa shape index (κ1) is 29.6. The Morgan fingerprint density at radius 3 is 2.44 bits per heavy atom. The van der Waals surface area contributed by atoms with Crippen LogP contribution in [0.25, 0.3) is 11.2 Å². The Labute approximate surface area is 247 Å². The van der Waals surface area contributed by atoms with E-state index in [0.29, 0.717) is 13.1 Å². The third-order valence-corrected chi connectivity index (χ3v) is 7.68. The number of benzene rings is 1. The third kappa shape index (κ3) is 5.91. The summed E-state index contributed by atoms with van der Waals surface area (Å²) >= 11 is 0. The van der Waals surface area contributed by atoms with Gasteiger partial charge in [-0.25, -0.2) is 19.6 Å². The molecule has 2 aromatic heterocycles. The second-order valence-electron chi connectivity index (χ2n) is 11.7. The molecule has 43 heavy (non-hydrogen) atoms. The lowest BCUT2D eigenvalue weighted by Crippen LogP contribution is -2.56. The van der Waals surface area contributed by atoms with Gasteiger partial charge in [0, 0.05) is 39.3 Å². The first-order chi connectivity index (χ1) is 20.4. The third-order valence-electron chi connectivity index (χ3n) is 7.68. The van der Waals surface area contributed by atoms with Gasteiger partial charge in [-0.15, -0.1) is 0 Å². The molecule has 2 fully saturated rings. The molecule has 2 aliphatic heterocycles. The molecule has 0 aliphatic carbocycles. The number of aryl methyl sites for hydroxylation is 1. The predicted molar refractivity (Wildman–Crippen MR) is 156 cm³/mol. The molecule has 1 aromatic carbocycles. The Kier molecular flexibility index (Phi) is 7.88. The van der Waals surface area contributed by atoms with Gasteiger partial charge >= 0.3 is 12.0 Å². The van der Waals surface area contributed by atoms with Crippen molar-refractivity contribution in [2.45, 2.75) is 39.9 Å². The van der Waals surface area contributed by atoms with Crippen LogP contribution in [0.1, 0.15) is 35.3 Å². The minimum absolute atomic E-state index is 0.0190. The highest BCUT2D eigenvalue weighted by Crippen LogP contribution is 2.29. The molecular formula is C29H34N8O6. The molecule has 14 nitrogen and oxygen atoms in total. The van der Waals surface area contributed by atoms with E-state index in [1.807, 2.05) is 45.0 Å². The summed E-state index contributed by atoms with van der Waals surface area (Å²) in [6, 6.07) is 7.06. The lowest BCUT2D eigenvalue weighted by atomic mass is 9.84. The number of anilines is 1. The van der Waals surface area contributed by atoms with Crippen LogP contribution in [0.3, 0.4) is 0 Å². The highest BCUT2D eigenvalue weighted by atomic mass is 16.4. The topological polar surface area (TPSA) is 184 Å². The Balaban J connectivity index is 1.49. The largest absolute Gasteiger partial charge is 0.480 e. The van der Waals surface area contributed by atoms with Gasteiger partial charge < -0.3 is 26.0 Å². The number of nitrogens with one attached hydrogen (secondary N) is 1. The van der Waals surface area contributed by atoms with E-state index in [9.17, 15) is 29.1 Å². The molecule has 0 bridgehead atoms. The minimum Gasteiger partial charge on any atom is -0.480 e. The first-order valence-electron chi connectivity index (χ1n) is 13.9. The summed E-state index contributed by atoms with van der Waals surface area (Å²) in [7, 11) is 0. The van der Waals surface area contributed by atoms with E-state index in [1.165, 1.54) is 17.2 Å². The number of urea groups is 1. The van der Waals surface area contributed by atoms with E-state index in [2.05, 4.69) is 15.3 Å². The summed E-state index contributed by atoms with van der Waals surface area (Å²) in [5.74, 6) is -2.06. The van der Waals surface area contributed by atoms with Crippen molar-refractivity contribution in [2.24, 2.45) is 11.1 Å². The van der Waals surface area contributed by atoms with Crippen molar-refractivity contribution in [3.8, 4) is 0 Å². The van der Waals surface area contributed by atoms with Crippen LogP contribution in [0.4, 0.5) is 10.6 Å². The molecule has 0 radical (unpaired) electrons. The summed E-state index contributed by atoms with van der Waals surface area (Å²) in [6.07, 6.45) is 1.28. The van der Waals surface area contributed by atoms with Gasteiger partial charge in [0.05, 0.1) is 6.20 Å². The van der Waals surface area contributed by atoms with E-state index >= 15 is 0 Å². The summed E-state index contributed by atoms with van der Waals surface area (Å²) < 4.78 is 1.13. The van der Waals surface area contributed by atoms with Crippen molar-refractivity contribution >= 4 is 40.8 Å². The van der Waals surface area contributed by atoms with E-state index in [-0.39, 0.29) is 66.6 Å². The number of carbonyl (C=O) groups is 4. The maximum Gasteiger partial charge on any atom is 0.327 e. The molecule has 4 N–H and O–H groups in total. The van der Waals surface area contributed by atoms with Crippen molar-refractivity contribution in [3.63, 3.8) is 0 Å². The molecule has 2 aliphatic rings. The van der Waals surface area contributed by atoms with Crippen molar-refractivity contribution in [1.82, 2.24) is 29.7 Å². The molecule has 5 rings (SSSR count). The average Bonchev–Trinajstić information content (AvgIpc) is 3.33. The number of nitrogens with zero attached hydrogens (tertiary/aromatic N) is 6. The van der Waals surface area contributed by atoms with Crippen LogP contribution >= 0.6 is 0 Å². The Hall–Kier alpha value is -4.85. The first-order valence-corrected chi connectivity index (χ1v) is 13.9. The predicted octanol–water partition coefficient (Wildman–Crippen LogP) is 0.552. The van der Waals surface area contributed by atoms with E-state index in [4.69, 9.17) is 5.73 Å². The number of likely N-dealkylation sites (tertiary alicyclic amines) is 1. The van der Waals surface area contributed by atoms with Gasteiger partial charge in [-0.3, -0.25) is 23.9 Å². The molecule has 1 atom stereocenters. The highest BCUT2D eigenvalue weighted by Gasteiger charge is 2.39. The number of rotatable bonds is 9. The van der Waals surface area contributed by atoms with Crippen LogP contribution in [-0.2, 0) is 22.7 Å². The quantitative estimate of drug-likeness (QED) is 0.320. The number of hydrogen-bond donors (Lipinski definition) is 3. The number of nitrogens with two attached hydrogens (primary N) is 1.